The number of rotatable bonds is 3. The number of morpholine rings is 1. The number of nitrogens with one attached hydrogen (secondary N) is 1. The van der Waals surface area contributed by atoms with Crippen molar-refractivity contribution in [2.45, 2.75) is 6.92 Å². The molecule has 0 atom stereocenters. The van der Waals surface area contributed by atoms with Gasteiger partial charge in [0.15, 0.2) is 0 Å². The fraction of sp³-hybridized carbons (Fsp3) is 0.238. The molecule has 27 heavy (non-hydrogen) atoms. The van der Waals surface area contributed by atoms with Gasteiger partial charge in [-0.3, -0.25) is 15.0 Å². The van der Waals surface area contributed by atoms with Crippen LogP contribution in [0.4, 0.5) is 11.4 Å². The average molecular weight is 363 g/mol. The van der Waals surface area contributed by atoms with Gasteiger partial charge >= 0.3 is 0 Å². The summed E-state index contributed by atoms with van der Waals surface area (Å²) in [5.41, 5.74) is 6.42. The van der Waals surface area contributed by atoms with E-state index in [1.807, 2.05) is 37.3 Å². The van der Waals surface area contributed by atoms with Gasteiger partial charge < -0.3 is 9.64 Å². The van der Waals surface area contributed by atoms with Gasteiger partial charge in [-0.15, -0.1) is 0 Å². The number of hydrogen-bond donors (Lipinski definition) is 1. The predicted molar refractivity (Wildman–Crippen MR) is 104 cm³/mol. The van der Waals surface area contributed by atoms with Crippen molar-refractivity contribution < 1.29 is 14.3 Å². The number of carbonyl (C=O) groups is 2. The molecule has 2 heterocycles. The van der Waals surface area contributed by atoms with Gasteiger partial charge in [0.25, 0.3) is 11.8 Å². The van der Waals surface area contributed by atoms with Crippen molar-refractivity contribution in [1.82, 2.24) is 5.43 Å². The fourth-order valence-corrected chi connectivity index (χ4v) is 3.31. The number of aryl methyl sites for hydroxylation is 1. The van der Waals surface area contributed by atoms with E-state index in [0.29, 0.717) is 5.69 Å². The Labute approximate surface area is 158 Å². The Morgan fingerprint density at radius 1 is 1.00 bits per heavy atom. The molecule has 2 aromatic carbocycles. The average Bonchev–Trinajstić information content (AvgIpc) is 2.99. The molecule has 138 valence electrons. The third-order valence-corrected chi connectivity index (χ3v) is 4.84. The number of nitrogens with zero attached hydrogens (tertiary/aromatic N) is 2. The van der Waals surface area contributed by atoms with E-state index in [0.717, 1.165) is 43.1 Å². The molecule has 0 unspecified atom stereocenters. The Kier molecular flexibility index (Phi) is 4.64. The van der Waals surface area contributed by atoms with Crippen LogP contribution in [0, 0.1) is 6.92 Å². The highest BCUT2D eigenvalue weighted by molar-refractivity contribution is 6.31. The van der Waals surface area contributed by atoms with Gasteiger partial charge in [0.05, 0.1) is 18.9 Å². The SMILES string of the molecule is Cc1cc(N2CCOCC2)ccc1C=C1C(=O)NN(c2ccccc2)C1=O. The number of benzene rings is 2. The molecule has 0 spiro atoms. The lowest BCUT2D eigenvalue weighted by Gasteiger charge is -2.29. The van der Waals surface area contributed by atoms with Crippen LogP contribution >= 0.6 is 0 Å². The molecule has 2 amide bonds. The minimum atomic E-state index is -0.388. The van der Waals surface area contributed by atoms with Crippen molar-refractivity contribution in [1.29, 1.82) is 0 Å². The molecule has 2 aliphatic heterocycles. The van der Waals surface area contributed by atoms with Crippen molar-refractivity contribution in [3.05, 3.63) is 65.2 Å². The molecule has 2 aromatic rings. The predicted octanol–water partition coefficient (Wildman–Crippen LogP) is 2.29. The first-order valence-corrected chi connectivity index (χ1v) is 8.99. The summed E-state index contributed by atoms with van der Waals surface area (Å²) in [6.45, 7) is 5.19. The molecule has 2 aliphatic rings. The van der Waals surface area contributed by atoms with Crippen LogP contribution in [0.2, 0.25) is 0 Å². The summed E-state index contributed by atoms with van der Waals surface area (Å²) in [5.74, 6) is -0.733. The van der Waals surface area contributed by atoms with Crippen LogP contribution in [0.15, 0.2) is 54.1 Å². The summed E-state index contributed by atoms with van der Waals surface area (Å²) in [6.07, 6.45) is 1.67. The van der Waals surface area contributed by atoms with Crippen LogP contribution in [0.3, 0.4) is 0 Å². The van der Waals surface area contributed by atoms with Crippen LogP contribution in [0.25, 0.3) is 6.08 Å². The van der Waals surface area contributed by atoms with E-state index in [1.54, 1.807) is 18.2 Å². The smallest absolute Gasteiger partial charge is 0.282 e. The van der Waals surface area contributed by atoms with Crippen molar-refractivity contribution in [2.75, 3.05) is 36.2 Å². The minimum absolute atomic E-state index is 0.140. The largest absolute Gasteiger partial charge is 0.378 e. The topological polar surface area (TPSA) is 61.9 Å². The summed E-state index contributed by atoms with van der Waals surface area (Å²) in [6, 6.07) is 15.1. The van der Waals surface area contributed by atoms with Gasteiger partial charge in [-0.2, -0.15) is 0 Å². The highest BCUT2D eigenvalue weighted by Crippen LogP contribution is 2.25. The van der Waals surface area contributed by atoms with Gasteiger partial charge in [-0.05, 0) is 48.4 Å². The van der Waals surface area contributed by atoms with Crippen LogP contribution in [-0.4, -0.2) is 38.1 Å². The lowest BCUT2D eigenvalue weighted by Crippen LogP contribution is -2.36. The van der Waals surface area contributed by atoms with E-state index in [2.05, 4.69) is 16.4 Å². The lowest BCUT2D eigenvalue weighted by atomic mass is 10.0. The molecular weight excluding hydrogens is 342 g/mol. The van der Waals surface area contributed by atoms with Crippen LogP contribution in [-0.2, 0) is 14.3 Å². The molecule has 0 aromatic heterocycles. The molecule has 2 fully saturated rings. The molecule has 6 heteroatoms. The molecule has 0 aliphatic carbocycles. The zero-order valence-electron chi connectivity index (χ0n) is 15.1. The summed E-state index contributed by atoms with van der Waals surface area (Å²) in [7, 11) is 0. The Balaban J connectivity index is 1.59. The Morgan fingerprint density at radius 3 is 2.44 bits per heavy atom. The zero-order chi connectivity index (χ0) is 18.8. The minimum Gasteiger partial charge on any atom is -0.378 e. The number of hydrogen-bond acceptors (Lipinski definition) is 4. The number of hydrazine groups is 1. The van der Waals surface area contributed by atoms with E-state index in [1.165, 1.54) is 5.01 Å². The maximum absolute atomic E-state index is 12.7. The van der Waals surface area contributed by atoms with Crippen molar-refractivity contribution in [3.63, 3.8) is 0 Å². The second-order valence-corrected chi connectivity index (χ2v) is 6.62. The van der Waals surface area contributed by atoms with E-state index >= 15 is 0 Å². The Morgan fingerprint density at radius 2 is 1.74 bits per heavy atom. The van der Waals surface area contributed by atoms with E-state index in [9.17, 15) is 9.59 Å². The lowest BCUT2D eigenvalue weighted by molar-refractivity contribution is -0.117. The number of carbonyl (C=O) groups excluding carboxylic acids is 2. The van der Waals surface area contributed by atoms with Gasteiger partial charge in [-0.1, -0.05) is 24.3 Å². The first-order valence-electron chi connectivity index (χ1n) is 8.99. The normalized spacial score (nSPS) is 18.9. The molecule has 6 nitrogen and oxygen atoms in total. The maximum Gasteiger partial charge on any atom is 0.282 e. The Bertz CT molecular complexity index is 902. The molecule has 0 bridgehead atoms. The highest BCUT2D eigenvalue weighted by Gasteiger charge is 2.34. The molecular formula is C21H21N3O3. The van der Waals surface area contributed by atoms with E-state index in [-0.39, 0.29) is 17.4 Å². The molecule has 1 N–H and O–H groups in total. The zero-order valence-corrected chi connectivity index (χ0v) is 15.1. The number of anilines is 2. The standard InChI is InChI=1S/C21H21N3O3/c1-15-13-18(23-9-11-27-12-10-23)8-7-16(15)14-19-20(25)22-24(21(19)26)17-5-3-2-4-6-17/h2-8,13-14H,9-12H2,1H3,(H,22,25). The third kappa shape index (κ3) is 3.44. The summed E-state index contributed by atoms with van der Waals surface area (Å²) < 4.78 is 5.40. The quantitative estimate of drug-likeness (QED) is 0.671. The maximum atomic E-state index is 12.7. The second-order valence-electron chi connectivity index (χ2n) is 6.62. The van der Waals surface area contributed by atoms with Crippen molar-refractivity contribution in [2.24, 2.45) is 0 Å². The van der Waals surface area contributed by atoms with Gasteiger partial charge in [0.2, 0.25) is 0 Å². The van der Waals surface area contributed by atoms with E-state index < -0.39 is 0 Å². The Hall–Kier alpha value is -3.12. The van der Waals surface area contributed by atoms with Crippen molar-refractivity contribution in [3.8, 4) is 0 Å². The van der Waals surface area contributed by atoms with Gasteiger partial charge in [0, 0.05) is 18.8 Å². The fourth-order valence-electron chi connectivity index (χ4n) is 3.31. The molecule has 4 rings (SSSR count). The highest BCUT2D eigenvalue weighted by atomic mass is 16.5. The number of ether oxygens (including phenoxy) is 1. The third-order valence-electron chi connectivity index (χ3n) is 4.84. The molecule has 2 saturated heterocycles. The summed E-state index contributed by atoms with van der Waals surface area (Å²) in [5, 5.41) is 1.28. The van der Waals surface area contributed by atoms with Crippen LogP contribution < -0.4 is 15.3 Å². The van der Waals surface area contributed by atoms with Crippen LogP contribution in [0.5, 0.6) is 0 Å². The summed E-state index contributed by atoms with van der Waals surface area (Å²) >= 11 is 0. The summed E-state index contributed by atoms with van der Waals surface area (Å²) in [4.78, 5) is 27.3. The van der Waals surface area contributed by atoms with Gasteiger partial charge in [0.1, 0.15) is 5.57 Å². The second kappa shape index (κ2) is 7.25. The van der Waals surface area contributed by atoms with E-state index in [4.69, 9.17) is 4.74 Å². The van der Waals surface area contributed by atoms with Crippen molar-refractivity contribution >= 4 is 29.3 Å². The first kappa shape index (κ1) is 17.3. The first-order chi connectivity index (χ1) is 13.1. The van der Waals surface area contributed by atoms with Gasteiger partial charge in [-0.25, -0.2) is 5.01 Å². The number of para-hydroxylation sites is 1. The van der Waals surface area contributed by atoms with Crippen LogP contribution in [0.1, 0.15) is 11.1 Å². The molecule has 0 radical (unpaired) electrons. The monoisotopic (exact) mass is 363 g/mol. The number of amides is 2. The molecule has 0 saturated carbocycles.